The molecule has 0 bridgehead atoms. The fourth-order valence-electron chi connectivity index (χ4n) is 1.88. The lowest BCUT2D eigenvalue weighted by Crippen LogP contribution is -2.36. The van der Waals surface area contributed by atoms with Gasteiger partial charge in [-0.2, -0.15) is 0 Å². The number of carbonyl (C=O) groups excluding carboxylic acids is 1. The Balaban J connectivity index is 2.09. The van der Waals surface area contributed by atoms with Crippen molar-refractivity contribution < 1.29 is 4.79 Å². The number of thiocarbonyl (C=S) groups is 1. The first-order chi connectivity index (χ1) is 5.79. The molecule has 1 amide bonds. The Morgan fingerprint density at radius 2 is 2.08 bits per heavy atom. The number of carbonyl (C=O) groups is 1. The van der Waals surface area contributed by atoms with Crippen molar-refractivity contribution in [3.8, 4) is 0 Å². The second-order valence-electron chi connectivity index (χ2n) is 3.26. The zero-order chi connectivity index (χ0) is 8.55. The number of nitrogens with zero attached hydrogens (tertiary/aromatic N) is 1. The van der Waals surface area contributed by atoms with Crippen molar-refractivity contribution >= 4 is 34.2 Å². The van der Waals surface area contributed by atoms with Crippen molar-refractivity contribution in [2.75, 3.05) is 5.75 Å². The summed E-state index contributed by atoms with van der Waals surface area (Å²) < 4.78 is 0.798. The Bertz CT molecular complexity index is 207. The van der Waals surface area contributed by atoms with Crippen molar-refractivity contribution in [3.05, 3.63) is 0 Å². The van der Waals surface area contributed by atoms with E-state index >= 15 is 0 Å². The van der Waals surface area contributed by atoms with E-state index in [1.54, 1.807) is 0 Å². The largest absolute Gasteiger partial charge is 0.294 e. The zero-order valence-corrected chi connectivity index (χ0v) is 8.42. The summed E-state index contributed by atoms with van der Waals surface area (Å²) in [5.74, 6) is 0.784. The lowest BCUT2D eigenvalue weighted by atomic mass is 10.2. The van der Waals surface area contributed by atoms with Gasteiger partial charge in [-0.05, 0) is 12.8 Å². The second kappa shape index (κ2) is 3.34. The van der Waals surface area contributed by atoms with Gasteiger partial charge in [-0.15, -0.1) is 0 Å². The van der Waals surface area contributed by atoms with Gasteiger partial charge in [0.15, 0.2) is 0 Å². The van der Waals surface area contributed by atoms with Crippen LogP contribution in [0.25, 0.3) is 0 Å². The molecular weight excluding hydrogens is 190 g/mol. The highest BCUT2D eigenvalue weighted by Crippen LogP contribution is 2.30. The van der Waals surface area contributed by atoms with Gasteiger partial charge >= 0.3 is 0 Å². The average Bonchev–Trinajstić information content (AvgIpc) is 2.61. The lowest BCUT2D eigenvalue weighted by Gasteiger charge is -2.22. The van der Waals surface area contributed by atoms with Crippen molar-refractivity contribution in [2.24, 2.45) is 0 Å². The molecule has 2 fully saturated rings. The quantitative estimate of drug-likeness (QED) is 0.603. The van der Waals surface area contributed by atoms with Crippen LogP contribution < -0.4 is 0 Å². The van der Waals surface area contributed by atoms with Crippen LogP contribution >= 0.6 is 24.0 Å². The van der Waals surface area contributed by atoms with Crippen LogP contribution in [0.5, 0.6) is 0 Å². The summed E-state index contributed by atoms with van der Waals surface area (Å²) >= 11 is 6.63. The highest BCUT2D eigenvalue weighted by molar-refractivity contribution is 8.23. The van der Waals surface area contributed by atoms with Gasteiger partial charge in [-0.25, -0.2) is 0 Å². The Morgan fingerprint density at radius 3 is 2.58 bits per heavy atom. The summed E-state index contributed by atoms with van der Waals surface area (Å²) in [6, 6.07) is 0.431. The second-order valence-corrected chi connectivity index (χ2v) is 4.87. The van der Waals surface area contributed by atoms with Crippen molar-refractivity contribution in [1.29, 1.82) is 0 Å². The maximum absolute atomic E-state index is 11.4. The van der Waals surface area contributed by atoms with E-state index in [4.69, 9.17) is 12.2 Å². The fourth-order valence-corrected chi connectivity index (χ4v) is 3.08. The van der Waals surface area contributed by atoms with Gasteiger partial charge in [-0.1, -0.05) is 36.8 Å². The molecule has 0 aromatic carbocycles. The topological polar surface area (TPSA) is 20.3 Å². The van der Waals surface area contributed by atoms with E-state index in [0.717, 1.165) is 17.2 Å². The van der Waals surface area contributed by atoms with Crippen LogP contribution in [-0.4, -0.2) is 26.9 Å². The Morgan fingerprint density at radius 1 is 1.42 bits per heavy atom. The molecule has 1 aliphatic heterocycles. The molecule has 0 atom stereocenters. The molecule has 1 aliphatic carbocycles. The summed E-state index contributed by atoms with van der Waals surface area (Å²) in [5.41, 5.74) is 0. The maximum atomic E-state index is 11.4. The SMILES string of the molecule is O=C1CSC(=S)N1C1CCCC1. The third kappa shape index (κ3) is 1.38. The molecule has 2 nitrogen and oxygen atoms in total. The van der Waals surface area contributed by atoms with Gasteiger partial charge < -0.3 is 0 Å². The van der Waals surface area contributed by atoms with Crippen molar-refractivity contribution in [1.82, 2.24) is 4.90 Å². The molecule has 2 aliphatic rings. The number of rotatable bonds is 1. The average molecular weight is 201 g/mol. The summed E-state index contributed by atoms with van der Waals surface area (Å²) in [6.45, 7) is 0. The predicted octanol–water partition coefficient (Wildman–Crippen LogP) is 1.79. The third-order valence-electron chi connectivity index (χ3n) is 2.47. The molecule has 0 aromatic heterocycles. The standard InChI is InChI=1S/C8H11NOS2/c10-7-5-12-8(11)9(7)6-3-1-2-4-6/h6H,1-5H2. The van der Waals surface area contributed by atoms with Crippen molar-refractivity contribution in [2.45, 2.75) is 31.7 Å². The van der Waals surface area contributed by atoms with Crippen LogP contribution in [0.4, 0.5) is 0 Å². The molecule has 0 aromatic rings. The molecule has 0 N–H and O–H groups in total. The van der Waals surface area contributed by atoms with Crippen LogP contribution in [0.15, 0.2) is 0 Å². The molecule has 0 spiro atoms. The fraction of sp³-hybridized carbons (Fsp3) is 0.750. The van der Waals surface area contributed by atoms with Gasteiger partial charge in [0, 0.05) is 6.04 Å². The molecular formula is C8H11NOS2. The van der Waals surface area contributed by atoms with Gasteiger partial charge in [-0.3, -0.25) is 9.69 Å². The van der Waals surface area contributed by atoms with Gasteiger partial charge in [0.1, 0.15) is 4.32 Å². The first-order valence-electron chi connectivity index (χ1n) is 4.28. The number of amides is 1. The van der Waals surface area contributed by atoms with Gasteiger partial charge in [0.05, 0.1) is 5.75 Å². The Hall–Kier alpha value is -0.0900. The van der Waals surface area contributed by atoms with Crippen LogP contribution in [0, 0.1) is 0 Å². The van der Waals surface area contributed by atoms with Crippen LogP contribution in [0.3, 0.4) is 0 Å². The molecule has 2 rings (SSSR count). The van der Waals surface area contributed by atoms with Crippen molar-refractivity contribution in [3.63, 3.8) is 0 Å². The summed E-state index contributed by atoms with van der Waals surface area (Å²) in [6.07, 6.45) is 4.79. The molecule has 4 heteroatoms. The van der Waals surface area contributed by atoms with E-state index in [0.29, 0.717) is 11.8 Å². The number of hydrogen-bond donors (Lipinski definition) is 0. The number of thioether (sulfide) groups is 1. The van der Waals surface area contributed by atoms with Gasteiger partial charge in [0.2, 0.25) is 5.91 Å². The third-order valence-corrected chi connectivity index (χ3v) is 3.86. The van der Waals surface area contributed by atoms with Crippen LogP contribution in [0.1, 0.15) is 25.7 Å². The zero-order valence-electron chi connectivity index (χ0n) is 6.78. The first kappa shape index (κ1) is 8.51. The number of hydrogen-bond acceptors (Lipinski definition) is 3. The lowest BCUT2D eigenvalue weighted by molar-refractivity contribution is -0.125. The summed E-state index contributed by atoms with van der Waals surface area (Å²) in [5, 5.41) is 0. The first-order valence-corrected chi connectivity index (χ1v) is 5.67. The molecule has 12 heavy (non-hydrogen) atoms. The van der Waals surface area contributed by atoms with Crippen LogP contribution in [0.2, 0.25) is 0 Å². The van der Waals surface area contributed by atoms with E-state index in [2.05, 4.69) is 0 Å². The highest BCUT2D eigenvalue weighted by atomic mass is 32.2. The predicted molar refractivity (Wildman–Crippen MR) is 54.2 cm³/mol. The molecule has 1 saturated carbocycles. The van der Waals surface area contributed by atoms with E-state index in [1.165, 1.54) is 24.6 Å². The summed E-state index contributed by atoms with van der Waals surface area (Å²) in [7, 11) is 0. The highest BCUT2D eigenvalue weighted by Gasteiger charge is 2.34. The van der Waals surface area contributed by atoms with Gasteiger partial charge in [0.25, 0.3) is 0 Å². The smallest absolute Gasteiger partial charge is 0.238 e. The monoisotopic (exact) mass is 201 g/mol. The molecule has 0 radical (unpaired) electrons. The van der Waals surface area contributed by atoms with E-state index in [9.17, 15) is 4.79 Å². The minimum Gasteiger partial charge on any atom is -0.294 e. The molecule has 1 saturated heterocycles. The van der Waals surface area contributed by atoms with E-state index < -0.39 is 0 Å². The maximum Gasteiger partial charge on any atom is 0.238 e. The van der Waals surface area contributed by atoms with E-state index in [1.807, 2.05) is 4.90 Å². The molecule has 1 heterocycles. The van der Waals surface area contributed by atoms with Crippen LogP contribution in [-0.2, 0) is 4.79 Å². The minimum absolute atomic E-state index is 0.219. The van der Waals surface area contributed by atoms with E-state index in [-0.39, 0.29) is 5.91 Å². The molecule has 0 unspecified atom stereocenters. The minimum atomic E-state index is 0.219. The Labute approximate surface area is 81.7 Å². The summed E-state index contributed by atoms with van der Waals surface area (Å²) in [4.78, 5) is 13.2. The molecule has 66 valence electrons. The normalized spacial score (nSPS) is 25.8. The Kier molecular flexibility index (Phi) is 2.37.